The second kappa shape index (κ2) is 6.55. The average Bonchev–Trinajstić information content (AvgIpc) is 2.28. The van der Waals surface area contributed by atoms with Crippen molar-refractivity contribution in [2.75, 3.05) is 13.6 Å². The van der Waals surface area contributed by atoms with E-state index in [9.17, 15) is 4.79 Å². The van der Waals surface area contributed by atoms with Crippen LogP contribution in [-0.2, 0) is 0 Å². The Balaban J connectivity index is 2.78. The van der Waals surface area contributed by atoms with Gasteiger partial charge in [-0.1, -0.05) is 34.5 Å². The first-order valence-corrected chi connectivity index (χ1v) is 7.28. The highest BCUT2D eigenvalue weighted by atomic mass is 79.9. The van der Waals surface area contributed by atoms with E-state index in [0.717, 1.165) is 28.6 Å². The Morgan fingerprint density at radius 2 is 2.12 bits per heavy atom. The topological polar surface area (TPSA) is 20.3 Å². The van der Waals surface area contributed by atoms with Gasteiger partial charge in [0, 0.05) is 22.9 Å². The molecular formula is C13H17Br2NO. The Bertz CT molecular complexity index is 404. The van der Waals surface area contributed by atoms with E-state index in [2.05, 4.69) is 38.8 Å². The van der Waals surface area contributed by atoms with Crippen LogP contribution in [0.4, 0.5) is 0 Å². The van der Waals surface area contributed by atoms with E-state index in [1.807, 2.05) is 32.2 Å². The van der Waals surface area contributed by atoms with Crippen molar-refractivity contribution in [3.63, 3.8) is 0 Å². The number of amides is 1. The summed E-state index contributed by atoms with van der Waals surface area (Å²) in [5.74, 6) is 0.0636. The van der Waals surface area contributed by atoms with Crippen molar-refractivity contribution >= 4 is 37.8 Å². The molecule has 94 valence electrons. The van der Waals surface area contributed by atoms with Crippen LogP contribution in [0.15, 0.2) is 22.7 Å². The van der Waals surface area contributed by atoms with Crippen LogP contribution in [0.25, 0.3) is 0 Å². The molecule has 4 heteroatoms. The maximum absolute atomic E-state index is 12.2. The van der Waals surface area contributed by atoms with Crippen LogP contribution in [-0.4, -0.2) is 29.2 Å². The predicted octanol–water partition coefficient (Wildman–Crippen LogP) is 4.00. The van der Waals surface area contributed by atoms with E-state index in [1.54, 1.807) is 4.90 Å². The third-order valence-electron chi connectivity index (χ3n) is 2.56. The number of aryl methyl sites for hydroxylation is 1. The minimum atomic E-state index is 0.0636. The van der Waals surface area contributed by atoms with E-state index in [0.29, 0.717) is 4.83 Å². The summed E-state index contributed by atoms with van der Waals surface area (Å²) < 4.78 is 0.854. The molecule has 1 aromatic rings. The molecular weight excluding hydrogens is 346 g/mol. The molecule has 17 heavy (non-hydrogen) atoms. The highest BCUT2D eigenvalue weighted by Crippen LogP contribution is 2.20. The number of alkyl halides is 1. The minimum absolute atomic E-state index is 0.0636. The lowest BCUT2D eigenvalue weighted by Crippen LogP contribution is -2.29. The average molecular weight is 363 g/mol. The summed E-state index contributed by atoms with van der Waals surface area (Å²) in [6, 6.07) is 5.82. The Morgan fingerprint density at radius 1 is 1.47 bits per heavy atom. The second-order valence-corrected chi connectivity index (χ2v) is 6.70. The zero-order valence-corrected chi connectivity index (χ0v) is 13.5. The zero-order valence-electron chi connectivity index (χ0n) is 10.3. The number of halogens is 2. The van der Waals surface area contributed by atoms with Gasteiger partial charge in [0.2, 0.25) is 0 Å². The molecule has 0 aromatic heterocycles. The molecule has 0 saturated carbocycles. The van der Waals surface area contributed by atoms with Crippen LogP contribution < -0.4 is 0 Å². The maximum Gasteiger partial charge on any atom is 0.254 e. The number of rotatable bonds is 4. The van der Waals surface area contributed by atoms with Gasteiger partial charge in [-0.3, -0.25) is 4.79 Å². The van der Waals surface area contributed by atoms with Crippen LogP contribution in [0.5, 0.6) is 0 Å². The normalized spacial score (nSPS) is 12.3. The summed E-state index contributed by atoms with van der Waals surface area (Å²) in [6.07, 6.45) is 0.950. The Kier molecular flexibility index (Phi) is 5.67. The van der Waals surface area contributed by atoms with Crippen LogP contribution >= 0.6 is 31.9 Å². The van der Waals surface area contributed by atoms with Crippen LogP contribution in [0.3, 0.4) is 0 Å². The Labute approximate surface area is 120 Å². The summed E-state index contributed by atoms with van der Waals surface area (Å²) in [6.45, 7) is 4.83. The Morgan fingerprint density at radius 3 is 2.71 bits per heavy atom. The van der Waals surface area contributed by atoms with Gasteiger partial charge in [-0.25, -0.2) is 0 Å². The molecule has 1 rings (SSSR count). The molecule has 0 aliphatic carbocycles. The molecule has 1 unspecified atom stereocenters. The van der Waals surface area contributed by atoms with Crippen LogP contribution in [0.1, 0.15) is 29.3 Å². The summed E-state index contributed by atoms with van der Waals surface area (Å²) in [7, 11) is 1.84. The van der Waals surface area contributed by atoms with Gasteiger partial charge in [0.25, 0.3) is 5.91 Å². The van der Waals surface area contributed by atoms with Gasteiger partial charge >= 0.3 is 0 Å². The monoisotopic (exact) mass is 361 g/mol. The number of hydrogen-bond donors (Lipinski definition) is 0. The van der Waals surface area contributed by atoms with Crippen molar-refractivity contribution in [2.45, 2.75) is 25.1 Å². The lowest BCUT2D eigenvalue weighted by molar-refractivity contribution is 0.0793. The quantitative estimate of drug-likeness (QED) is 0.741. The summed E-state index contributed by atoms with van der Waals surface area (Å²) in [5.41, 5.74) is 1.83. The molecule has 1 amide bonds. The molecule has 0 fully saturated rings. The Hall–Kier alpha value is -0.350. The number of nitrogens with zero attached hydrogens (tertiary/aromatic N) is 1. The van der Waals surface area contributed by atoms with Crippen molar-refractivity contribution in [3.05, 3.63) is 33.8 Å². The van der Waals surface area contributed by atoms with E-state index in [1.165, 1.54) is 0 Å². The highest BCUT2D eigenvalue weighted by molar-refractivity contribution is 9.10. The van der Waals surface area contributed by atoms with Gasteiger partial charge in [-0.15, -0.1) is 0 Å². The van der Waals surface area contributed by atoms with Crippen molar-refractivity contribution in [1.82, 2.24) is 4.90 Å². The van der Waals surface area contributed by atoms with Crippen LogP contribution in [0, 0.1) is 6.92 Å². The molecule has 0 aliphatic rings. The maximum atomic E-state index is 12.2. The lowest BCUT2D eigenvalue weighted by Gasteiger charge is -2.19. The molecule has 1 atom stereocenters. The van der Waals surface area contributed by atoms with E-state index in [-0.39, 0.29) is 5.91 Å². The number of hydrogen-bond acceptors (Lipinski definition) is 1. The summed E-state index contributed by atoms with van der Waals surface area (Å²) in [4.78, 5) is 14.4. The SMILES string of the molecule is Cc1ccc(Br)c(C(=O)N(C)CCC(C)Br)c1. The van der Waals surface area contributed by atoms with E-state index < -0.39 is 0 Å². The van der Waals surface area contributed by atoms with E-state index in [4.69, 9.17) is 0 Å². The predicted molar refractivity (Wildman–Crippen MR) is 78.8 cm³/mol. The van der Waals surface area contributed by atoms with Crippen molar-refractivity contribution < 1.29 is 4.79 Å². The van der Waals surface area contributed by atoms with Gasteiger partial charge in [0.1, 0.15) is 0 Å². The standard InChI is InChI=1S/C13H17Br2NO/c1-9-4-5-12(15)11(8-9)13(17)16(3)7-6-10(2)14/h4-5,8,10H,6-7H2,1-3H3. The summed E-state index contributed by atoms with van der Waals surface area (Å²) in [5, 5.41) is 0. The fourth-order valence-corrected chi connectivity index (χ4v) is 2.10. The molecule has 0 heterocycles. The number of benzene rings is 1. The first-order chi connectivity index (χ1) is 7.91. The summed E-state index contributed by atoms with van der Waals surface area (Å²) >= 11 is 6.91. The molecule has 2 nitrogen and oxygen atoms in total. The van der Waals surface area contributed by atoms with Gasteiger partial charge in [-0.2, -0.15) is 0 Å². The molecule has 0 bridgehead atoms. The van der Waals surface area contributed by atoms with Crippen molar-refractivity contribution in [1.29, 1.82) is 0 Å². The van der Waals surface area contributed by atoms with Gasteiger partial charge in [0.05, 0.1) is 5.56 Å². The molecule has 1 aromatic carbocycles. The van der Waals surface area contributed by atoms with E-state index >= 15 is 0 Å². The second-order valence-electron chi connectivity index (χ2n) is 4.28. The molecule has 0 radical (unpaired) electrons. The first kappa shape index (κ1) is 14.7. The largest absolute Gasteiger partial charge is 0.342 e. The molecule has 0 spiro atoms. The molecule has 0 N–H and O–H groups in total. The zero-order chi connectivity index (χ0) is 13.0. The van der Waals surface area contributed by atoms with Gasteiger partial charge in [0.15, 0.2) is 0 Å². The molecule has 0 saturated heterocycles. The molecule has 0 aliphatic heterocycles. The minimum Gasteiger partial charge on any atom is -0.342 e. The van der Waals surface area contributed by atoms with Gasteiger partial charge < -0.3 is 4.90 Å². The first-order valence-electron chi connectivity index (χ1n) is 5.57. The fraction of sp³-hybridized carbons (Fsp3) is 0.462. The van der Waals surface area contributed by atoms with Crippen molar-refractivity contribution in [2.24, 2.45) is 0 Å². The third-order valence-corrected chi connectivity index (χ3v) is 3.71. The highest BCUT2D eigenvalue weighted by Gasteiger charge is 2.15. The lowest BCUT2D eigenvalue weighted by atomic mass is 10.1. The third kappa shape index (κ3) is 4.43. The van der Waals surface area contributed by atoms with Crippen LogP contribution in [0.2, 0.25) is 0 Å². The number of carbonyl (C=O) groups excluding carboxylic acids is 1. The number of carbonyl (C=O) groups is 1. The van der Waals surface area contributed by atoms with Crippen molar-refractivity contribution in [3.8, 4) is 0 Å². The van der Waals surface area contributed by atoms with Gasteiger partial charge in [-0.05, 0) is 41.4 Å². The smallest absolute Gasteiger partial charge is 0.254 e. The fourth-order valence-electron chi connectivity index (χ4n) is 1.48.